The van der Waals surface area contributed by atoms with E-state index in [4.69, 9.17) is 16.9 Å². The van der Waals surface area contributed by atoms with E-state index in [-0.39, 0.29) is 6.61 Å². The number of benzene rings is 2. The lowest BCUT2D eigenvalue weighted by Gasteiger charge is -2.22. The molecule has 2 aromatic carbocycles. The number of aliphatic hydroxyl groups is 1. The minimum atomic E-state index is -0.115. The molecule has 96 valence electrons. The summed E-state index contributed by atoms with van der Waals surface area (Å²) in [6.45, 7) is -0.115. The van der Waals surface area contributed by atoms with E-state index in [2.05, 4.69) is 6.07 Å². The lowest BCUT2D eigenvalue weighted by atomic mass is 10.1. The number of aliphatic hydroxyl groups excluding tert-OH is 1. The molecule has 0 amide bonds. The molecule has 4 heteroatoms. The summed E-state index contributed by atoms with van der Waals surface area (Å²) in [5.41, 5.74) is 3.08. The van der Waals surface area contributed by atoms with Crippen LogP contribution < -0.4 is 4.90 Å². The summed E-state index contributed by atoms with van der Waals surface area (Å²) < 4.78 is 0. The van der Waals surface area contributed by atoms with Crippen LogP contribution >= 0.6 is 11.6 Å². The molecule has 2 rings (SSSR count). The Morgan fingerprint density at radius 2 is 1.89 bits per heavy atom. The van der Waals surface area contributed by atoms with Crippen LogP contribution in [0.4, 0.5) is 11.4 Å². The van der Waals surface area contributed by atoms with Gasteiger partial charge in [-0.15, -0.1) is 0 Å². The molecule has 19 heavy (non-hydrogen) atoms. The van der Waals surface area contributed by atoms with Gasteiger partial charge in [-0.1, -0.05) is 17.7 Å². The zero-order valence-corrected chi connectivity index (χ0v) is 11.2. The van der Waals surface area contributed by atoms with E-state index in [1.54, 1.807) is 18.2 Å². The van der Waals surface area contributed by atoms with E-state index in [0.717, 1.165) is 11.4 Å². The molecular formula is C15H13ClN2O. The van der Waals surface area contributed by atoms with Crippen molar-refractivity contribution >= 4 is 23.0 Å². The topological polar surface area (TPSA) is 47.3 Å². The molecule has 0 spiro atoms. The largest absolute Gasteiger partial charge is 0.392 e. The second kappa shape index (κ2) is 5.75. The molecule has 0 unspecified atom stereocenters. The van der Waals surface area contributed by atoms with E-state index >= 15 is 0 Å². The molecule has 0 aromatic heterocycles. The Labute approximate surface area is 117 Å². The van der Waals surface area contributed by atoms with Crippen LogP contribution in [0.5, 0.6) is 0 Å². The van der Waals surface area contributed by atoms with Gasteiger partial charge in [0.2, 0.25) is 0 Å². The first kappa shape index (κ1) is 13.4. The van der Waals surface area contributed by atoms with Crippen molar-refractivity contribution in [3.8, 4) is 6.07 Å². The predicted octanol–water partition coefficient (Wildman–Crippen LogP) is 3.47. The molecule has 0 atom stereocenters. The summed E-state index contributed by atoms with van der Waals surface area (Å²) in [4.78, 5) is 1.93. The van der Waals surface area contributed by atoms with Gasteiger partial charge in [0.05, 0.1) is 18.2 Å². The van der Waals surface area contributed by atoms with E-state index in [1.807, 2.05) is 36.2 Å². The molecule has 0 fully saturated rings. The average Bonchev–Trinajstić information content (AvgIpc) is 2.46. The number of hydrogen-bond acceptors (Lipinski definition) is 3. The van der Waals surface area contributed by atoms with Gasteiger partial charge in [0.15, 0.2) is 0 Å². The number of anilines is 2. The maximum atomic E-state index is 9.42. The van der Waals surface area contributed by atoms with Crippen molar-refractivity contribution in [2.45, 2.75) is 6.61 Å². The van der Waals surface area contributed by atoms with E-state index < -0.39 is 0 Å². The Morgan fingerprint density at radius 1 is 1.21 bits per heavy atom. The Hall–Kier alpha value is -2.02. The Bertz CT molecular complexity index is 617. The zero-order valence-electron chi connectivity index (χ0n) is 10.5. The van der Waals surface area contributed by atoms with Crippen LogP contribution in [0.25, 0.3) is 0 Å². The molecule has 1 N–H and O–H groups in total. The van der Waals surface area contributed by atoms with E-state index in [1.165, 1.54) is 0 Å². The molecule has 0 aliphatic heterocycles. The minimum Gasteiger partial charge on any atom is -0.392 e. The Balaban J connectivity index is 2.41. The van der Waals surface area contributed by atoms with Crippen molar-refractivity contribution in [1.29, 1.82) is 5.26 Å². The third-order valence-electron chi connectivity index (χ3n) is 3.00. The van der Waals surface area contributed by atoms with Crippen molar-refractivity contribution in [2.24, 2.45) is 0 Å². The maximum Gasteiger partial charge on any atom is 0.0991 e. The predicted molar refractivity (Wildman–Crippen MR) is 76.6 cm³/mol. The highest BCUT2D eigenvalue weighted by atomic mass is 35.5. The fourth-order valence-corrected chi connectivity index (χ4v) is 2.15. The first-order valence-corrected chi connectivity index (χ1v) is 6.17. The Morgan fingerprint density at radius 3 is 2.47 bits per heavy atom. The summed E-state index contributed by atoms with van der Waals surface area (Å²) in [7, 11) is 1.90. The molecule has 0 aliphatic carbocycles. The monoisotopic (exact) mass is 272 g/mol. The van der Waals surface area contributed by atoms with Crippen LogP contribution in [-0.2, 0) is 6.61 Å². The third kappa shape index (κ3) is 2.70. The van der Waals surface area contributed by atoms with Crippen molar-refractivity contribution < 1.29 is 5.11 Å². The van der Waals surface area contributed by atoms with Crippen LogP contribution in [-0.4, -0.2) is 12.2 Å². The van der Waals surface area contributed by atoms with Gasteiger partial charge in [-0.2, -0.15) is 5.26 Å². The lowest BCUT2D eigenvalue weighted by molar-refractivity contribution is 0.282. The average molecular weight is 273 g/mol. The van der Waals surface area contributed by atoms with Crippen LogP contribution in [0.15, 0.2) is 42.5 Å². The quantitative estimate of drug-likeness (QED) is 0.931. The van der Waals surface area contributed by atoms with Crippen LogP contribution in [0.3, 0.4) is 0 Å². The summed E-state index contributed by atoms with van der Waals surface area (Å²) in [6, 6.07) is 14.8. The third-order valence-corrected chi connectivity index (χ3v) is 3.35. The fourth-order valence-electron chi connectivity index (χ4n) is 1.92. The number of hydrogen-bond donors (Lipinski definition) is 1. The molecule has 0 bridgehead atoms. The molecule has 0 aliphatic rings. The Kier molecular flexibility index (Phi) is 4.06. The van der Waals surface area contributed by atoms with Gasteiger partial charge in [0.25, 0.3) is 0 Å². The highest BCUT2D eigenvalue weighted by Gasteiger charge is 2.11. The standard InChI is InChI=1S/C15H13ClN2O/c1-18(12-7-5-11(9-17)6-8-12)15-4-2-3-14(16)13(15)10-19/h2-8,19H,10H2,1H3. The van der Waals surface area contributed by atoms with Gasteiger partial charge in [0.1, 0.15) is 0 Å². The smallest absolute Gasteiger partial charge is 0.0991 e. The van der Waals surface area contributed by atoms with E-state index in [0.29, 0.717) is 16.1 Å². The number of nitriles is 1. The van der Waals surface area contributed by atoms with Crippen LogP contribution in [0.2, 0.25) is 5.02 Å². The van der Waals surface area contributed by atoms with Crippen molar-refractivity contribution in [3.05, 3.63) is 58.6 Å². The summed E-state index contributed by atoms with van der Waals surface area (Å²) in [5.74, 6) is 0. The molecule has 3 nitrogen and oxygen atoms in total. The number of halogens is 1. The van der Waals surface area contributed by atoms with E-state index in [9.17, 15) is 5.11 Å². The highest BCUT2D eigenvalue weighted by molar-refractivity contribution is 6.31. The number of rotatable bonds is 3. The SMILES string of the molecule is CN(c1ccc(C#N)cc1)c1cccc(Cl)c1CO. The zero-order chi connectivity index (χ0) is 13.8. The second-order valence-corrected chi connectivity index (χ2v) is 4.52. The van der Waals surface area contributed by atoms with Gasteiger partial charge in [0, 0.05) is 29.0 Å². The lowest BCUT2D eigenvalue weighted by Crippen LogP contribution is -2.12. The molecule has 0 heterocycles. The van der Waals surface area contributed by atoms with Gasteiger partial charge in [-0.25, -0.2) is 0 Å². The normalized spacial score (nSPS) is 10.0. The molecule has 0 saturated carbocycles. The molecule has 2 aromatic rings. The highest BCUT2D eigenvalue weighted by Crippen LogP contribution is 2.31. The van der Waals surface area contributed by atoms with Gasteiger partial charge in [-0.05, 0) is 36.4 Å². The summed E-state index contributed by atoms with van der Waals surface area (Å²) in [5, 5.41) is 18.8. The van der Waals surface area contributed by atoms with Gasteiger partial charge < -0.3 is 10.0 Å². The van der Waals surface area contributed by atoms with Crippen LogP contribution in [0.1, 0.15) is 11.1 Å². The summed E-state index contributed by atoms with van der Waals surface area (Å²) in [6.07, 6.45) is 0. The van der Waals surface area contributed by atoms with Crippen molar-refractivity contribution in [3.63, 3.8) is 0 Å². The van der Waals surface area contributed by atoms with Crippen molar-refractivity contribution in [1.82, 2.24) is 0 Å². The first-order valence-electron chi connectivity index (χ1n) is 5.79. The second-order valence-electron chi connectivity index (χ2n) is 4.11. The molecule has 0 saturated heterocycles. The van der Waals surface area contributed by atoms with Gasteiger partial charge >= 0.3 is 0 Å². The first-order chi connectivity index (χ1) is 9.17. The molecule has 0 radical (unpaired) electrons. The van der Waals surface area contributed by atoms with Crippen LogP contribution in [0, 0.1) is 11.3 Å². The fraction of sp³-hybridized carbons (Fsp3) is 0.133. The summed E-state index contributed by atoms with van der Waals surface area (Å²) >= 11 is 6.08. The van der Waals surface area contributed by atoms with Gasteiger partial charge in [-0.3, -0.25) is 0 Å². The number of nitrogens with zero attached hydrogens (tertiary/aromatic N) is 2. The minimum absolute atomic E-state index is 0.115. The molecular weight excluding hydrogens is 260 g/mol. The maximum absolute atomic E-state index is 9.42. The van der Waals surface area contributed by atoms with Crippen molar-refractivity contribution in [2.75, 3.05) is 11.9 Å².